The van der Waals surface area contributed by atoms with Crippen molar-refractivity contribution in [3.8, 4) is 12.0 Å². The van der Waals surface area contributed by atoms with Gasteiger partial charge < -0.3 is 18.9 Å². The molecular weight excluding hydrogens is 273 g/mol. The van der Waals surface area contributed by atoms with Gasteiger partial charge in [0.25, 0.3) is 7.52 Å². The lowest BCUT2D eigenvalue weighted by Crippen LogP contribution is -2.14. The highest BCUT2D eigenvalue weighted by Crippen LogP contribution is 2.29. The van der Waals surface area contributed by atoms with Gasteiger partial charge in [-0.1, -0.05) is 0 Å². The van der Waals surface area contributed by atoms with E-state index in [1.165, 1.54) is 28.0 Å². The first-order valence-electron chi connectivity index (χ1n) is 5.16. The van der Waals surface area contributed by atoms with Crippen LogP contribution < -0.4 is 19.9 Å². The van der Waals surface area contributed by atoms with Crippen molar-refractivity contribution in [1.82, 2.24) is 15.0 Å². The fraction of sp³-hybridized carbons (Fsp3) is 0.667. The molecule has 19 heavy (non-hydrogen) atoms. The van der Waals surface area contributed by atoms with Gasteiger partial charge in [-0.15, -0.1) is 4.98 Å². The third kappa shape index (κ3) is 7.55. The average Bonchev–Trinajstić information content (AvgIpc) is 2.37. The van der Waals surface area contributed by atoms with Crippen LogP contribution in [0.5, 0.6) is 12.0 Å². The molecule has 1 heterocycles. The monoisotopic (exact) mass is 293 g/mol. The molecule has 10 heteroatoms. The molecule has 0 saturated heterocycles. The molecule has 0 aliphatic heterocycles. The fourth-order valence-electron chi connectivity index (χ4n) is 0.710. The van der Waals surface area contributed by atoms with Gasteiger partial charge in [-0.2, -0.15) is 9.97 Å². The van der Waals surface area contributed by atoms with E-state index >= 15 is 0 Å². The zero-order valence-corrected chi connectivity index (χ0v) is 12.8. The van der Waals surface area contributed by atoms with Crippen molar-refractivity contribution < 1.29 is 18.6 Å². The number of aromatic nitrogens is 3. The molecule has 0 radical (unpaired) electrons. The molecule has 9 nitrogen and oxygen atoms in total. The molecule has 0 aliphatic carbocycles. The van der Waals surface area contributed by atoms with Crippen LogP contribution in [0.3, 0.4) is 0 Å². The molecule has 1 aromatic heterocycles. The Labute approximate surface area is 112 Å². The second kappa shape index (κ2) is 7.88. The van der Waals surface area contributed by atoms with Crippen molar-refractivity contribution in [3.63, 3.8) is 0 Å². The average molecular weight is 293 g/mol. The molecule has 1 unspecified atom stereocenters. The van der Waals surface area contributed by atoms with Crippen molar-refractivity contribution in [2.45, 2.75) is 0 Å². The summed E-state index contributed by atoms with van der Waals surface area (Å²) in [5.41, 5.74) is 4.87. The van der Waals surface area contributed by atoms with Gasteiger partial charge in [0.05, 0.1) is 14.2 Å². The van der Waals surface area contributed by atoms with E-state index in [0.29, 0.717) is 5.95 Å². The number of anilines is 1. The Morgan fingerprint density at radius 1 is 1.05 bits per heavy atom. The lowest BCUT2D eigenvalue weighted by atomic mass is 10.8. The van der Waals surface area contributed by atoms with Crippen LogP contribution >= 0.6 is 7.52 Å². The number of rotatable bonds is 4. The summed E-state index contributed by atoms with van der Waals surface area (Å²) < 4.78 is 24.2. The van der Waals surface area contributed by atoms with E-state index in [1.54, 1.807) is 4.90 Å². The van der Waals surface area contributed by atoms with E-state index in [1.807, 2.05) is 14.1 Å². The predicted molar refractivity (Wildman–Crippen MR) is 72.0 cm³/mol. The summed E-state index contributed by atoms with van der Waals surface area (Å²) in [6.45, 7) is 1.35. The molecule has 0 saturated carbocycles. The summed E-state index contributed by atoms with van der Waals surface area (Å²) in [5.74, 6) is 0.503. The molecule has 0 aliphatic rings. The van der Waals surface area contributed by atoms with E-state index < -0.39 is 7.52 Å². The first kappa shape index (κ1) is 17.6. The van der Waals surface area contributed by atoms with Gasteiger partial charge in [0.1, 0.15) is 0 Å². The minimum Gasteiger partial charge on any atom is -0.467 e. The summed E-state index contributed by atoms with van der Waals surface area (Å²) in [5, 5.41) is 0. The van der Waals surface area contributed by atoms with E-state index in [0.717, 1.165) is 0 Å². The topological polar surface area (TPSA) is 113 Å². The van der Waals surface area contributed by atoms with E-state index in [9.17, 15) is 4.57 Å². The Bertz CT molecular complexity index is 414. The first-order valence-corrected chi connectivity index (χ1v) is 7.30. The number of hydrogen-bond donors (Lipinski definition) is 1. The van der Waals surface area contributed by atoms with Crippen molar-refractivity contribution >= 4 is 13.5 Å². The Hall–Kier alpha value is -1.44. The summed E-state index contributed by atoms with van der Waals surface area (Å²) in [7, 11) is 5.32. The van der Waals surface area contributed by atoms with Crippen LogP contribution in [0.15, 0.2) is 0 Å². The van der Waals surface area contributed by atoms with Crippen LogP contribution in [0, 0.1) is 0 Å². The van der Waals surface area contributed by atoms with E-state index in [4.69, 9.17) is 15.0 Å². The summed E-state index contributed by atoms with van der Waals surface area (Å²) in [4.78, 5) is 13.6. The van der Waals surface area contributed by atoms with Crippen LogP contribution in [-0.2, 0) is 9.09 Å². The highest BCUT2D eigenvalue weighted by atomic mass is 31.2. The lowest BCUT2D eigenvalue weighted by Gasteiger charge is -2.10. The minimum absolute atomic E-state index is 0.246. The number of hydrogen-bond acceptors (Lipinski definition) is 8. The second-order valence-corrected chi connectivity index (χ2v) is 5.78. The maximum atomic E-state index is 10.1. The highest BCUT2D eigenvalue weighted by molar-refractivity contribution is 7.55. The predicted octanol–water partition coefficient (Wildman–Crippen LogP) is 0.369. The van der Waals surface area contributed by atoms with Gasteiger partial charge in [0, 0.05) is 27.9 Å². The van der Waals surface area contributed by atoms with Gasteiger partial charge in [-0.3, -0.25) is 10.1 Å². The second-order valence-electron chi connectivity index (χ2n) is 3.59. The number of methoxy groups -OCH3 is 2. The van der Waals surface area contributed by atoms with E-state index in [2.05, 4.69) is 19.5 Å². The summed E-state index contributed by atoms with van der Waals surface area (Å²) >= 11 is 0. The van der Waals surface area contributed by atoms with Gasteiger partial charge in [0.2, 0.25) is 5.95 Å². The number of nitrogens with two attached hydrogens (primary N) is 1. The standard InChI is InChI=1S/C7H12N4O2.C2H8NO2P/c1-11(2)5-8-6(12-3)10-7(9-5)13-4;1-5-6(2,3)4/h1-4H3;1-2H3,(H2,3,4). The molecule has 0 aromatic carbocycles. The summed E-state index contributed by atoms with van der Waals surface area (Å²) in [6, 6.07) is 0.492. The van der Waals surface area contributed by atoms with Gasteiger partial charge >= 0.3 is 12.0 Å². The fourth-order valence-corrected chi connectivity index (χ4v) is 0.710. The molecule has 0 fully saturated rings. The lowest BCUT2D eigenvalue weighted by molar-refractivity contribution is 0.340. The molecule has 0 spiro atoms. The highest BCUT2D eigenvalue weighted by Gasteiger charge is 2.07. The Morgan fingerprint density at radius 2 is 1.42 bits per heavy atom. The maximum Gasteiger partial charge on any atom is 0.324 e. The molecule has 1 rings (SSSR count). The Morgan fingerprint density at radius 3 is 1.63 bits per heavy atom. The van der Waals surface area contributed by atoms with Crippen LogP contribution in [0.4, 0.5) is 5.95 Å². The smallest absolute Gasteiger partial charge is 0.324 e. The molecule has 1 atom stereocenters. The SMILES string of the molecule is COP(C)(N)=O.COc1nc(OC)nc(N(C)C)n1. The molecule has 0 amide bonds. The van der Waals surface area contributed by atoms with Crippen LogP contribution in [0.2, 0.25) is 0 Å². The zero-order valence-electron chi connectivity index (χ0n) is 11.9. The van der Waals surface area contributed by atoms with Crippen LogP contribution in [0.25, 0.3) is 0 Å². The largest absolute Gasteiger partial charge is 0.467 e. The minimum atomic E-state index is -2.65. The number of ether oxygens (including phenoxy) is 2. The van der Waals surface area contributed by atoms with Crippen LogP contribution in [0.1, 0.15) is 0 Å². The third-order valence-electron chi connectivity index (χ3n) is 1.71. The molecular formula is C9H20N5O4P. The van der Waals surface area contributed by atoms with Crippen molar-refractivity contribution in [2.24, 2.45) is 5.50 Å². The van der Waals surface area contributed by atoms with Gasteiger partial charge in [-0.25, -0.2) is 0 Å². The molecule has 2 N–H and O–H groups in total. The Kier molecular flexibility index (Phi) is 7.28. The molecule has 0 bridgehead atoms. The first-order chi connectivity index (χ1) is 8.73. The van der Waals surface area contributed by atoms with Crippen molar-refractivity contribution in [2.75, 3.05) is 47.0 Å². The van der Waals surface area contributed by atoms with Crippen molar-refractivity contribution in [1.29, 1.82) is 0 Å². The third-order valence-corrected chi connectivity index (χ3v) is 2.44. The van der Waals surface area contributed by atoms with Gasteiger partial charge in [-0.05, 0) is 0 Å². The maximum absolute atomic E-state index is 10.1. The zero-order chi connectivity index (χ0) is 15.1. The molecule has 1 aromatic rings. The molecule has 110 valence electrons. The van der Waals surface area contributed by atoms with E-state index in [-0.39, 0.29) is 12.0 Å². The normalized spacial score (nSPS) is 12.8. The van der Waals surface area contributed by atoms with Crippen LogP contribution in [-0.4, -0.2) is 57.0 Å². The number of nitrogens with zero attached hydrogens (tertiary/aromatic N) is 4. The van der Waals surface area contributed by atoms with Gasteiger partial charge in [0.15, 0.2) is 0 Å². The van der Waals surface area contributed by atoms with Crippen molar-refractivity contribution in [3.05, 3.63) is 0 Å². The summed E-state index contributed by atoms with van der Waals surface area (Å²) in [6.07, 6.45) is 0. The quantitative estimate of drug-likeness (QED) is 0.786. The Balaban J connectivity index is 0.000000459.